The van der Waals surface area contributed by atoms with Crippen LogP contribution in [0.3, 0.4) is 0 Å². The number of likely N-dealkylation sites (tertiary alicyclic amines) is 1. The summed E-state index contributed by atoms with van der Waals surface area (Å²) >= 11 is 0. The minimum atomic E-state index is -0.306. The number of fused-ring (bicyclic) bond motifs is 1. The molecule has 1 N–H and O–H groups in total. The van der Waals surface area contributed by atoms with Crippen LogP contribution in [0.2, 0.25) is 0 Å². The highest BCUT2D eigenvalue weighted by atomic mass is 16.6. The molecular weight excluding hydrogens is 218 g/mol. The fourth-order valence-electron chi connectivity index (χ4n) is 2.06. The topological polar surface area (TPSA) is 58.2 Å². The maximum Gasteiger partial charge on any atom is 0.416 e. The van der Waals surface area contributed by atoms with Gasteiger partial charge in [-0.05, 0) is 25.0 Å². The van der Waals surface area contributed by atoms with Crippen molar-refractivity contribution in [1.82, 2.24) is 15.1 Å². The molecule has 0 spiro atoms. The number of hydrogen-bond acceptors (Lipinski definition) is 3. The second kappa shape index (κ2) is 4.08. The van der Waals surface area contributed by atoms with Crippen LogP contribution in [0, 0.1) is 0 Å². The van der Waals surface area contributed by atoms with Gasteiger partial charge in [0.05, 0.1) is 10.9 Å². The first-order valence-corrected chi connectivity index (χ1v) is 5.74. The number of nitrogens with one attached hydrogen (secondary N) is 1. The van der Waals surface area contributed by atoms with Crippen molar-refractivity contribution in [3.8, 4) is 5.88 Å². The van der Waals surface area contributed by atoms with Crippen molar-refractivity contribution in [2.45, 2.75) is 12.8 Å². The van der Waals surface area contributed by atoms with E-state index in [1.54, 1.807) is 4.90 Å². The molecule has 0 radical (unpaired) electrons. The number of aromatic nitrogens is 2. The molecule has 1 fully saturated rings. The number of carbonyl (C=O) groups is 1. The molecule has 1 amide bonds. The fraction of sp³-hybridized carbons (Fsp3) is 0.333. The van der Waals surface area contributed by atoms with Crippen LogP contribution >= 0.6 is 0 Å². The fourth-order valence-corrected chi connectivity index (χ4v) is 2.06. The largest absolute Gasteiger partial charge is 0.416 e. The SMILES string of the molecule is O=C(Oc1n[nH]c2ccccc12)N1CCCC1. The first-order valence-electron chi connectivity index (χ1n) is 5.74. The smallest absolute Gasteiger partial charge is 0.389 e. The Kier molecular flexibility index (Phi) is 2.44. The van der Waals surface area contributed by atoms with Crippen molar-refractivity contribution in [1.29, 1.82) is 0 Å². The molecule has 1 aliphatic heterocycles. The van der Waals surface area contributed by atoms with Crippen molar-refractivity contribution in [3.63, 3.8) is 0 Å². The van der Waals surface area contributed by atoms with Gasteiger partial charge in [0.1, 0.15) is 0 Å². The Labute approximate surface area is 98.4 Å². The molecule has 17 heavy (non-hydrogen) atoms. The van der Waals surface area contributed by atoms with Gasteiger partial charge in [0.2, 0.25) is 0 Å². The normalized spacial score (nSPS) is 15.4. The molecule has 2 heterocycles. The number of ether oxygens (including phenoxy) is 1. The minimum Gasteiger partial charge on any atom is -0.389 e. The van der Waals surface area contributed by atoms with Crippen LogP contribution in [0.5, 0.6) is 5.88 Å². The zero-order chi connectivity index (χ0) is 11.7. The Hall–Kier alpha value is -2.04. The summed E-state index contributed by atoms with van der Waals surface area (Å²) in [5.41, 5.74) is 0.872. The molecule has 88 valence electrons. The molecule has 0 unspecified atom stereocenters. The van der Waals surface area contributed by atoms with Gasteiger partial charge in [-0.2, -0.15) is 0 Å². The first-order chi connectivity index (χ1) is 8.34. The molecule has 1 saturated heterocycles. The highest BCUT2D eigenvalue weighted by molar-refractivity contribution is 5.86. The van der Waals surface area contributed by atoms with Crippen molar-refractivity contribution in [2.24, 2.45) is 0 Å². The predicted molar refractivity (Wildman–Crippen MR) is 62.9 cm³/mol. The number of carbonyl (C=O) groups excluding carboxylic acids is 1. The number of rotatable bonds is 1. The minimum absolute atomic E-state index is 0.306. The van der Waals surface area contributed by atoms with Gasteiger partial charge in [-0.3, -0.25) is 5.10 Å². The van der Waals surface area contributed by atoms with E-state index in [-0.39, 0.29) is 6.09 Å². The third-order valence-electron chi connectivity index (χ3n) is 2.98. The summed E-state index contributed by atoms with van der Waals surface area (Å²) < 4.78 is 5.30. The van der Waals surface area contributed by atoms with E-state index in [2.05, 4.69) is 10.2 Å². The standard InChI is InChI=1S/C12H13N3O2/c16-12(15-7-3-4-8-15)17-11-9-5-1-2-6-10(9)13-14-11/h1-2,5-6H,3-4,7-8H2,(H,13,14). The number of benzene rings is 1. The molecule has 1 aliphatic rings. The van der Waals surface area contributed by atoms with Crippen molar-refractivity contribution in [3.05, 3.63) is 24.3 Å². The molecule has 1 aromatic heterocycles. The lowest BCUT2D eigenvalue weighted by Crippen LogP contribution is -2.30. The molecule has 0 atom stereocenters. The Morgan fingerprint density at radius 3 is 2.88 bits per heavy atom. The third-order valence-corrected chi connectivity index (χ3v) is 2.98. The van der Waals surface area contributed by atoms with Gasteiger partial charge in [-0.15, -0.1) is 5.10 Å². The van der Waals surface area contributed by atoms with Crippen LogP contribution in [0.25, 0.3) is 10.9 Å². The van der Waals surface area contributed by atoms with E-state index in [1.807, 2.05) is 24.3 Å². The van der Waals surface area contributed by atoms with E-state index >= 15 is 0 Å². The monoisotopic (exact) mass is 231 g/mol. The molecule has 0 saturated carbocycles. The number of aromatic amines is 1. The van der Waals surface area contributed by atoms with Gasteiger partial charge >= 0.3 is 6.09 Å². The van der Waals surface area contributed by atoms with E-state index in [9.17, 15) is 4.79 Å². The quantitative estimate of drug-likeness (QED) is 0.818. The van der Waals surface area contributed by atoms with Crippen molar-refractivity contribution < 1.29 is 9.53 Å². The zero-order valence-corrected chi connectivity index (χ0v) is 9.35. The summed E-state index contributed by atoms with van der Waals surface area (Å²) in [6.07, 6.45) is 1.80. The summed E-state index contributed by atoms with van der Waals surface area (Å²) in [6.45, 7) is 1.56. The van der Waals surface area contributed by atoms with Gasteiger partial charge in [-0.1, -0.05) is 12.1 Å². The van der Waals surface area contributed by atoms with Gasteiger partial charge in [0.25, 0.3) is 5.88 Å². The molecule has 3 rings (SSSR count). The van der Waals surface area contributed by atoms with Crippen LogP contribution in [0.15, 0.2) is 24.3 Å². The summed E-state index contributed by atoms with van der Waals surface area (Å²) in [4.78, 5) is 13.5. The lowest BCUT2D eigenvalue weighted by Gasteiger charge is -2.13. The van der Waals surface area contributed by atoms with Gasteiger partial charge < -0.3 is 9.64 Å². The molecule has 0 aliphatic carbocycles. The molecular formula is C12H13N3O2. The summed E-state index contributed by atoms with van der Waals surface area (Å²) in [7, 11) is 0. The van der Waals surface area contributed by atoms with E-state index in [0.717, 1.165) is 36.8 Å². The van der Waals surface area contributed by atoms with Crippen LogP contribution in [0.1, 0.15) is 12.8 Å². The van der Waals surface area contributed by atoms with E-state index < -0.39 is 0 Å². The van der Waals surface area contributed by atoms with Gasteiger partial charge in [0, 0.05) is 13.1 Å². The number of H-pyrrole nitrogens is 1. The Bertz CT molecular complexity index is 543. The van der Waals surface area contributed by atoms with E-state index in [4.69, 9.17) is 4.74 Å². The molecule has 5 heteroatoms. The molecule has 2 aromatic rings. The van der Waals surface area contributed by atoms with Crippen LogP contribution in [0.4, 0.5) is 4.79 Å². The van der Waals surface area contributed by atoms with Gasteiger partial charge in [0.15, 0.2) is 0 Å². The summed E-state index contributed by atoms with van der Waals surface area (Å²) in [5.74, 6) is 0.359. The van der Waals surface area contributed by atoms with Crippen LogP contribution in [-0.4, -0.2) is 34.3 Å². The highest BCUT2D eigenvalue weighted by Gasteiger charge is 2.21. The molecule has 0 bridgehead atoms. The van der Waals surface area contributed by atoms with Crippen molar-refractivity contribution >= 4 is 17.0 Å². The van der Waals surface area contributed by atoms with Crippen LogP contribution < -0.4 is 4.74 Å². The average molecular weight is 231 g/mol. The predicted octanol–water partition coefficient (Wildman–Crippen LogP) is 2.16. The second-order valence-corrected chi connectivity index (χ2v) is 4.14. The highest BCUT2D eigenvalue weighted by Crippen LogP contribution is 2.22. The lowest BCUT2D eigenvalue weighted by molar-refractivity contribution is 0.161. The summed E-state index contributed by atoms with van der Waals surface area (Å²) in [5, 5.41) is 7.68. The second-order valence-electron chi connectivity index (χ2n) is 4.14. The van der Waals surface area contributed by atoms with Gasteiger partial charge in [-0.25, -0.2) is 4.79 Å². The number of hydrogen-bond donors (Lipinski definition) is 1. The Morgan fingerprint density at radius 1 is 1.29 bits per heavy atom. The maximum absolute atomic E-state index is 11.8. The molecule has 1 aromatic carbocycles. The lowest BCUT2D eigenvalue weighted by atomic mass is 10.2. The van der Waals surface area contributed by atoms with E-state index in [0.29, 0.717) is 5.88 Å². The third kappa shape index (κ3) is 1.84. The number of amides is 1. The molecule has 5 nitrogen and oxygen atoms in total. The maximum atomic E-state index is 11.8. The Morgan fingerprint density at radius 2 is 2.06 bits per heavy atom. The van der Waals surface area contributed by atoms with Crippen molar-refractivity contribution in [2.75, 3.05) is 13.1 Å². The first kappa shape index (κ1) is 10.1. The van der Waals surface area contributed by atoms with Crippen LogP contribution in [-0.2, 0) is 0 Å². The zero-order valence-electron chi connectivity index (χ0n) is 9.35. The average Bonchev–Trinajstić information content (AvgIpc) is 2.98. The number of nitrogens with zero attached hydrogens (tertiary/aromatic N) is 2. The Balaban J connectivity index is 1.82. The summed E-state index contributed by atoms with van der Waals surface area (Å²) in [6, 6.07) is 7.58. The van der Waals surface area contributed by atoms with E-state index in [1.165, 1.54) is 0 Å². The number of para-hydroxylation sites is 1.